The molecule has 0 saturated heterocycles. The van der Waals surface area contributed by atoms with Crippen LogP contribution in [0.3, 0.4) is 0 Å². The van der Waals surface area contributed by atoms with E-state index in [2.05, 4.69) is 14.5 Å². The van der Waals surface area contributed by atoms with Crippen molar-refractivity contribution < 1.29 is 21.9 Å². The predicted octanol–water partition coefficient (Wildman–Crippen LogP) is 2.53. The minimum atomic E-state index is -3.59. The Morgan fingerprint density at radius 2 is 1.91 bits per heavy atom. The van der Waals surface area contributed by atoms with Gasteiger partial charge in [0.1, 0.15) is 11.6 Å². The highest BCUT2D eigenvalue weighted by Crippen LogP contribution is 2.23. The summed E-state index contributed by atoms with van der Waals surface area (Å²) in [5, 5.41) is 0. The molecule has 0 unspecified atom stereocenters. The summed E-state index contributed by atoms with van der Waals surface area (Å²) in [4.78, 5) is 4.41. The lowest BCUT2D eigenvalue weighted by atomic mass is 10.2. The van der Waals surface area contributed by atoms with Crippen LogP contribution in [-0.2, 0) is 16.6 Å². The normalized spacial score (nSPS) is 17.1. The number of rotatable bonds is 4. The predicted molar refractivity (Wildman–Crippen MR) is 80.1 cm³/mol. The molecule has 0 spiro atoms. The van der Waals surface area contributed by atoms with Crippen LogP contribution in [0.25, 0.3) is 0 Å². The van der Waals surface area contributed by atoms with E-state index in [1.807, 2.05) is 0 Å². The number of nitrogens with one attached hydrogen (secondary N) is 1. The first-order chi connectivity index (χ1) is 11.0. The number of fused-ring (bicyclic) bond motifs is 1. The lowest BCUT2D eigenvalue weighted by Crippen LogP contribution is -2.22. The minimum Gasteiger partial charge on any atom is -0.435 e. The van der Waals surface area contributed by atoms with Crippen molar-refractivity contribution in [3.8, 4) is 5.75 Å². The summed E-state index contributed by atoms with van der Waals surface area (Å²) in [6, 6.07) is 12.6. The van der Waals surface area contributed by atoms with Crippen LogP contribution in [0.5, 0.6) is 5.75 Å². The highest BCUT2D eigenvalue weighted by atomic mass is 32.2. The zero-order valence-corrected chi connectivity index (χ0v) is 12.6. The van der Waals surface area contributed by atoms with Gasteiger partial charge in [0.25, 0.3) is 10.0 Å². The Labute approximate surface area is 131 Å². The molecule has 0 saturated carbocycles. The van der Waals surface area contributed by atoms with Crippen LogP contribution in [0.1, 0.15) is 11.1 Å². The third-order valence-corrected chi connectivity index (χ3v) is 4.60. The van der Waals surface area contributed by atoms with E-state index in [4.69, 9.17) is 0 Å². The van der Waals surface area contributed by atoms with E-state index in [1.54, 1.807) is 30.3 Å². The topological polar surface area (TPSA) is 67.8 Å². The molecule has 0 bridgehead atoms. The number of nitrogens with zero attached hydrogens (tertiary/aromatic N) is 1. The highest BCUT2D eigenvalue weighted by molar-refractivity contribution is 7.90. The SMILES string of the molecule is O=S1(=O)NC(=NCc2cccc(OC(F)F)c2)c2ccccc21. The van der Waals surface area contributed by atoms with E-state index >= 15 is 0 Å². The number of hydrogen-bond acceptors (Lipinski definition) is 4. The molecule has 120 valence electrons. The quantitative estimate of drug-likeness (QED) is 0.931. The van der Waals surface area contributed by atoms with Crippen LogP contribution in [-0.4, -0.2) is 20.9 Å². The van der Waals surface area contributed by atoms with Gasteiger partial charge in [-0.2, -0.15) is 8.78 Å². The molecule has 1 heterocycles. The maximum atomic E-state index is 12.2. The largest absolute Gasteiger partial charge is 0.435 e. The van der Waals surface area contributed by atoms with Crippen molar-refractivity contribution in [2.75, 3.05) is 0 Å². The minimum absolute atomic E-state index is 0.0325. The summed E-state index contributed by atoms with van der Waals surface area (Å²) < 4.78 is 55.0. The standard InChI is InChI=1S/C15H12F2N2O3S/c16-15(17)22-11-5-3-4-10(8-11)9-18-14-12-6-1-2-7-13(12)23(20,21)19-14/h1-8,15H,9H2,(H,18,19). The van der Waals surface area contributed by atoms with Crippen LogP contribution >= 0.6 is 0 Å². The Balaban J connectivity index is 1.85. The molecule has 1 N–H and O–H groups in total. The molecular weight excluding hydrogens is 326 g/mol. The van der Waals surface area contributed by atoms with Crippen LogP contribution in [0.4, 0.5) is 8.78 Å². The second-order valence-electron chi connectivity index (χ2n) is 4.79. The number of ether oxygens (including phenoxy) is 1. The van der Waals surface area contributed by atoms with Gasteiger partial charge >= 0.3 is 6.61 Å². The molecular formula is C15H12F2N2O3S. The van der Waals surface area contributed by atoms with Crippen molar-refractivity contribution >= 4 is 15.9 Å². The Morgan fingerprint density at radius 3 is 2.70 bits per heavy atom. The Morgan fingerprint density at radius 1 is 1.13 bits per heavy atom. The number of aliphatic imine (C=N–C) groups is 1. The van der Waals surface area contributed by atoms with E-state index < -0.39 is 16.6 Å². The van der Waals surface area contributed by atoms with Gasteiger partial charge in [0.05, 0.1) is 11.4 Å². The summed E-state index contributed by atoms with van der Waals surface area (Å²) in [6.07, 6.45) is 0. The first-order valence-corrected chi connectivity index (χ1v) is 8.14. The monoisotopic (exact) mass is 338 g/mol. The van der Waals surface area contributed by atoms with Gasteiger partial charge in [-0.05, 0) is 29.8 Å². The van der Waals surface area contributed by atoms with E-state index in [0.29, 0.717) is 11.1 Å². The first kappa shape index (κ1) is 15.4. The molecule has 23 heavy (non-hydrogen) atoms. The van der Waals surface area contributed by atoms with E-state index in [0.717, 1.165) is 0 Å². The molecule has 0 amide bonds. The fourth-order valence-electron chi connectivity index (χ4n) is 2.24. The van der Waals surface area contributed by atoms with Crippen molar-refractivity contribution in [3.05, 3.63) is 59.7 Å². The summed E-state index contributed by atoms with van der Waals surface area (Å²) >= 11 is 0. The summed E-state index contributed by atoms with van der Waals surface area (Å²) in [5.41, 5.74) is 1.12. The van der Waals surface area contributed by atoms with Gasteiger partial charge in [-0.1, -0.05) is 24.3 Å². The second kappa shape index (κ2) is 5.96. The zero-order valence-electron chi connectivity index (χ0n) is 11.7. The summed E-state index contributed by atoms with van der Waals surface area (Å²) in [6.45, 7) is -2.77. The van der Waals surface area contributed by atoms with Crippen molar-refractivity contribution in [2.45, 2.75) is 18.1 Å². The smallest absolute Gasteiger partial charge is 0.387 e. The van der Waals surface area contributed by atoms with Crippen molar-refractivity contribution in [3.63, 3.8) is 0 Å². The van der Waals surface area contributed by atoms with Crippen molar-refractivity contribution in [1.29, 1.82) is 0 Å². The molecule has 0 atom stereocenters. The average molecular weight is 338 g/mol. The van der Waals surface area contributed by atoms with E-state index in [9.17, 15) is 17.2 Å². The maximum absolute atomic E-state index is 12.2. The highest BCUT2D eigenvalue weighted by Gasteiger charge is 2.29. The molecule has 8 heteroatoms. The molecule has 3 rings (SSSR count). The van der Waals surface area contributed by atoms with Gasteiger partial charge in [0.15, 0.2) is 0 Å². The fraction of sp³-hybridized carbons (Fsp3) is 0.133. The maximum Gasteiger partial charge on any atom is 0.387 e. The number of alkyl halides is 2. The van der Waals surface area contributed by atoms with E-state index in [1.165, 1.54) is 18.2 Å². The fourth-order valence-corrected chi connectivity index (χ4v) is 3.49. The molecule has 1 aliphatic heterocycles. The van der Waals surface area contributed by atoms with Gasteiger partial charge in [0, 0.05) is 5.56 Å². The number of halogens is 2. The van der Waals surface area contributed by atoms with Gasteiger partial charge in [-0.3, -0.25) is 9.71 Å². The zero-order chi connectivity index (χ0) is 16.4. The Bertz CT molecular complexity index is 867. The number of hydrogen-bond donors (Lipinski definition) is 1. The molecule has 1 aliphatic rings. The lowest BCUT2D eigenvalue weighted by molar-refractivity contribution is -0.0498. The molecule has 0 radical (unpaired) electrons. The van der Waals surface area contributed by atoms with Crippen LogP contribution in [0.2, 0.25) is 0 Å². The van der Waals surface area contributed by atoms with Crippen LogP contribution in [0, 0.1) is 0 Å². The first-order valence-electron chi connectivity index (χ1n) is 6.66. The van der Waals surface area contributed by atoms with Gasteiger partial charge in [-0.15, -0.1) is 0 Å². The third kappa shape index (κ3) is 3.31. The van der Waals surface area contributed by atoms with Gasteiger partial charge in [0.2, 0.25) is 0 Å². The number of benzene rings is 2. The Kier molecular flexibility index (Phi) is 3.99. The average Bonchev–Trinajstić information content (AvgIpc) is 2.77. The number of sulfonamides is 1. The number of amidine groups is 1. The Hall–Kier alpha value is -2.48. The van der Waals surface area contributed by atoms with Gasteiger partial charge < -0.3 is 4.74 Å². The molecule has 2 aromatic rings. The van der Waals surface area contributed by atoms with Crippen LogP contribution < -0.4 is 9.46 Å². The second-order valence-corrected chi connectivity index (χ2v) is 6.44. The summed E-state index contributed by atoms with van der Waals surface area (Å²) in [5.74, 6) is 0.269. The van der Waals surface area contributed by atoms with E-state index in [-0.39, 0.29) is 23.0 Å². The third-order valence-electron chi connectivity index (χ3n) is 3.21. The van der Waals surface area contributed by atoms with Crippen LogP contribution in [0.15, 0.2) is 58.4 Å². The molecule has 2 aromatic carbocycles. The molecule has 5 nitrogen and oxygen atoms in total. The molecule has 0 aromatic heterocycles. The molecule has 0 aliphatic carbocycles. The molecule has 0 fully saturated rings. The summed E-state index contributed by atoms with van der Waals surface area (Å²) in [7, 11) is -3.59. The van der Waals surface area contributed by atoms with Crippen molar-refractivity contribution in [2.24, 2.45) is 4.99 Å². The van der Waals surface area contributed by atoms with Crippen molar-refractivity contribution in [1.82, 2.24) is 4.72 Å². The van der Waals surface area contributed by atoms with Gasteiger partial charge in [-0.25, -0.2) is 8.42 Å². The lowest BCUT2D eigenvalue weighted by Gasteiger charge is -2.06.